The van der Waals surface area contributed by atoms with E-state index in [1.165, 1.54) is 11.1 Å². The number of nitrogens with one attached hydrogen (secondary N) is 1. The number of carbonyl (C=O) groups excluding carboxylic acids is 1. The predicted molar refractivity (Wildman–Crippen MR) is 79.6 cm³/mol. The molecule has 0 heterocycles. The second kappa shape index (κ2) is 6.39. The number of halogens is 1. The number of aryl methyl sites for hydroxylation is 2. The first-order valence-corrected chi connectivity index (χ1v) is 6.63. The van der Waals surface area contributed by atoms with Crippen LogP contribution >= 0.6 is 11.6 Å². The summed E-state index contributed by atoms with van der Waals surface area (Å²) in [6, 6.07) is 15.4. The summed E-state index contributed by atoms with van der Waals surface area (Å²) in [5.41, 5.74) is 3.05. The van der Waals surface area contributed by atoms with E-state index >= 15 is 0 Å². The summed E-state index contributed by atoms with van der Waals surface area (Å²) in [4.78, 5) is 11.9. The average molecular weight is 274 g/mol. The molecule has 0 saturated heterocycles. The molecule has 0 aliphatic rings. The number of amides is 1. The van der Waals surface area contributed by atoms with Crippen LogP contribution in [-0.4, -0.2) is 5.91 Å². The first kappa shape index (κ1) is 13.6. The van der Waals surface area contributed by atoms with Crippen molar-refractivity contribution < 1.29 is 4.79 Å². The molecule has 98 valence electrons. The van der Waals surface area contributed by atoms with E-state index in [9.17, 15) is 4.79 Å². The number of para-hydroxylation sites is 1. The second-order valence-corrected chi connectivity index (χ2v) is 4.92. The molecule has 0 aliphatic heterocycles. The van der Waals surface area contributed by atoms with Crippen LogP contribution in [0, 0.1) is 6.92 Å². The Kier molecular flexibility index (Phi) is 4.58. The molecule has 0 unspecified atom stereocenters. The molecule has 0 radical (unpaired) electrons. The van der Waals surface area contributed by atoms with Gasteiger partial charge in [0.1, 0.15) is 0 Å². The summed E-state index contributed by atoms with van der Waals surface area (Å²) >= 11 is 5.99. The maximum atomic E-state index is 11.9. The lowest BCUT2D eigenvalue weighted by molar-refractivity contribution is -0.116. The quantitative estimate of drug-likeness (QED) is 0.888. The van der Waals surface area contributed by atoms with Crippen molar-refractivity contribution in [2.24, 2.45) is 0 Å². The van der Waals surface area contributed by atoms with Crippen LogP contribution in [0.2, 0.25) is 5.02 Å². The topological polar surface area (TPSA) is 29.1 Å². The molecule has 19 heavy (non-hydrogen) atoms. The van der Waals surface area contributed by atoms with E-state index in [1.54, 1.807) is 12.1 Å². The highest BCUT2D eigenvalue weighted by molar-refractivity contribution is 6.33. The van der Waals surface area contributed by atoms with Crippen LogP contribution in [-0.2, 0) is 11.2 Å². The number of anilines is 1. The summed E-state index contributed by atoms with van der Waals surface area (Å²) in [7, 11) is 0. The normalized spacial score (nSPS) is 10.2. The van der Waals surface area contributed by atoms with Crippen LogP contribution in [0.25, 0.3) is 0 Å². The maximum Gasteiger partial charge on any atom is 0.224 e. The average Bonchev–Trinajstić information content (AvgIpc) is 2.39. The van der Waals surface area contributed by atoms with E-state index in [0.29, 0.717) is 17.1 Å². The number of rotatable bonds is 4. The first-order chi connectivity index (χ1) is 9.15. The molecule has 2 nitrogen and oxygen atoms in total. The van der Waals surface area contributed by atoms with Crippen LogP contribution < -0.4 is 5.32 Å². The molecular weight excluding hydrogens is 258 g/mol. The highest BCUT2D eigenvalue weighted by atomic mass is 35.5. The summed E-state index contributed by atoms with van der Waals surface area (Å²) in [5, 5.41) is 3.39. The fourth-order valence-corrected chi connectivity index (χ4v) is 2.08. The van der Waals surface area contributed by atoms with Crippen LogP contribution in [0.5, 0.6) is 0 Å². The van der Waals surface area contributed by atoms with Crippen molar-refractivity contribution in [2.75, 3.05) is 5.32 Å². The zero-order valence-electron chi connectivity index (χ0n) is 10.8. The minimum absolute atomic E-state index is 0.0189. The van der Waals surface area contributed by atoms with Crippen molar-refractivity contribution in [1.29, 1.82) is 0 Å². The van der Waals surface area contributed by atoms with Gasteiger partial charge in [0.25, 0.3) is 0 Å². The fourth-order valence-electron chi connectivity index (χ4n) is 1.90. The lowest BCUT2D eigenvalue weighted by atomic mass is 10.1. The largest absolute Gasteiger partial charge is 0.325 e. The maximum absolute atomic E-state index is 11.9. The van der Waals surface area contributed by atoms with Crippen LogP contribution in [0.3, 0.4) is 0 Å². The molecule has 2 aromatic rings. The Morgan fingerprint density at radius 2 is 1.95 bits per heavy atom. The Morgan fingerprint density at radius 1 is 1.16 bits per heavy atom. The van der Waals surface area contributed by atoms with Gasteiger partial charge in [0.2, 0.25) is 5.91 Å². The molecule has 2 aromatic carbocycles. The summed E-state index contributed by atoms with van der Waals surface area (Å²) in [6.07, 6.45) is 1.19. The SMILES string of the molecule is Cc1cccc(CCC(=O)Nc2ccccc2Cl)c1. The molecular formula is C16H16ClNO. The Morgan fingerprint density at radius 3 is 2.68 bits per heavy atom. The first-order valence-electron chi connectivity index (χ1n) is 6.25. The zero-order chi connectivity index (χ0) is 13.7. The highest BCUT2D eigenvalue weighted by Gasteiger charge is 2.05. The van der Waals surface area contributed by atoms with Crippen molar-refractivity contribution in [1.82, 2.24) is 0 Å². The molecule has 0 aromatic heterocycles. The minimum Gasteiger partial charge on any atom is -0.325 e. The molecule has 0 atom stereocenters. The Hall–Kier alpha value is -1.80. The lowest BCUT2D eigenvalue weighted by Crippen LogP contribution is -2.12. The number of benzene rings is 2. The van der Waals surface area contributed by atoms with E-state index in [2.05, 4.69) is 11.4 Å². The number of hydrogen-bond donors (Lipinski definition) is 1. The van der Waals surface area contributed by atoms with Gasteiger partial charge in [-0.05, 0) is 31.0 Å². The Labute approximate surface area is 118 Å². The van der Waals surface area contributed by atoms with Gasteiger partial charge in [0, 0.05) is 6.42 Å². The lowest BCUT2D eigenvalue weighted by Gasteiger charge is -2.07. The third-order valence-corrected chi connectivity index (χ3v) is 3.20. The predicted octanol–water partition coefficient (Wildman–Crippen LogP) is 4.22. The van der Waals surface area contributed by atoms with Gasteiger partial charge in [-0.3, -0.25) is 4.79 Å². The zero-order valence-corrected chi connectivity index (χ0v) is 11.6. The molecule has 0 spiro atoms. The van der Waals surface area contributed by atoms with Gasteiger partial charge in [-0.25, -0.2) is 0 Å². The van der Waals surface area contributed by atoms with Gasteiger partial charge in [-0.2, -0.15) is 0 Å². The molecule has 0 fully saturated rings. The molecule has 0 bridgehead atoms. The third-order valence-electron chi connectivity index (χ3n) is 2.87. The molecule has 1 amide bonds. The smallest absolute Gasteiger partial charge is 0.224 e. The molecule has 3 heteroatoms. The van der Waals surface area contributed by atoms with Crippen molar-refractivity contribution in [2.45, 2.75) is 19.8 Å². The van der Waals surface area contributed by atoms with E-state index in [-0.39, 0.29) is 5.91 Å². The summed E-state index contributed by atoms with van der Waals surface area (Å²) < 4.78 is 0. The standard InChI is InChI=1S/C16H16ClNO/c1-12-5-4-6-13(11-12)9-10-16(19)18-15-8-3-2-7-14(15)17/h2-8,11H,9-10H2,1H3,(H,18,19). The van der Waals surface area contributed by atoms with Crippen LogP contribution in [0.4, 0.5) is 5.69 Å². The summed E-state index contributed by atoms with van der Waals surface area (Å²) in [5.74, 6) is -0.0189. The summed E-state index contributed by atoms with van der Waals surface area (Å²) in [6.45, 7) is 2.05. The van der Waals surface area contributed by atoms with E-state index in [1.807, 2.05) is 37.3 Å². The molecule has 0 saturated carbocycles. The van der Waals surface area contributed by atoms with Crippen molar-refractivity contribution in [3.05, 3.63) is 64.7 Å². The monoisotopic (exact) mass is 273 g/mol. The van der Waals surface area contributed by atoms with Gasteiger partial charge in [0.05, 0.1) is 10.7 Å². The van der Waals surface area contributed by atoms with Crippen LogP contribution in [0.15, 0.2) is 48.5 Å². The third kappa shape index (κ3) is 4.11. The molecule has 2 rings (SSSR count). The van der Waals surface area contributed by atoms with Crippen molar-refractivity contribution in [3.8, 4) is 0 Å². The highest BCUT2D eigenvalue weighted by Crippen LogP contribution is 2.20. The van der Waals surface area contributed by atoms with Crippen LogP contribution in [0.1, 0.15) is 17.5 Å². The van der Waals surface area contributed by atoms with Gasteiger partial charge in [0.15, 0.2) is 0 Å². The molecule has 1 N–H and O–H groups in total. The fraction of sp³-hybridized carbons (Fsp3) is 0.188. The van der Waals surface area contributed by atoms with Gasteiger partial charge >= 0.3 is 0 Å². The second-order valence-electron chi connectivity index (χ2n) is 4.52. The van der Waals surface area contributed by atoms with Crippen molar-refractivity contribution >= 4 is 23.2 Å². The Bertz CT molecular complexity index is 580. The number of hydrogen-bond acceptors (Lipinski definition) is 1. The minimum atomic E-state index is -0.0189. The van der Waals surface area contributed by atoms with E-state index in [4.69, 9.17) is 11.6 Å². The number of carbonyl (C=O) groups is 1. The van der Waals surface area contributed by atoms with Gasteiger partial charge in [-0.15, -0.1) is 0 Å². The van der Waals surface area contributed by atoms with E-state index < -0.39 is 0 Å². The van der Waals surface area contributed by atoms with Gasteiger partial charge in [-0.1, -0.05) is 53.6 Å². The van der Waals surface area contributed by atoms with Gasteiger partial charge < -0.3 is 5.32 Å². The molecule has 0 aliphatic carbocycles. The Balaban J connectivity index is 1.90. The van der Waals surface area contributed by atoms with Crippen molar-refractivity contribution in [3.63, 3.8) is 0 Å². The van der Waals surface area contributed by atoms with E-state index in [0.717, 1.165) is 6.42 Å².